The molecule has 26 heavy (non-hydrogen) atoms. The number of halogens is 1. The molecule has 1 aromatic carbocycles. The molecule has 2 aliphatic rings. The van der Waals surface area contributed by atoms with Gasteiger partial charge in [0.1, 0.15) is 0 Å². The van der Waals surface area contributed by atoms with Crippen molar-refractivity contribution >= 4 is 33.3 Å². The molecule has 0 unspecified atom stereocenters. The van der Waals surface area contributed by atoms with Crippen LogP contribution < -0.4 is 10.2 Å². The second kappa shape index (κ2) is 7.94. The molecule has 2 saturated heterocycles. The number of alkyl halides is 1. The Bertz CT molecular complexity index is 763. The third-order valence-corrected chi connectivity index (χ3v) is 7.19. The average molecular weight is 401 g/mol. The summed E-state index contributed by atoms with van der Waals surface area (Å²) in [5.41, 5.74) is 0.671. The van der Waals surface area contributed by atoms with Crippen LogP contribution in [0.4, 0.5) is 0 Å². The molecule has 0 aromatic heterocycles. The fourth-order valence-electron chi connectivity index (χ4n) is 3.39. The van der Waals surface area contributed by atoms with Crippen molar-refractivity contribution in [3.63, 3.8) is 0 Å². The smallest absolute Gasteiger partial charge is 0.275 e. The second-order valence-electron chi connectivity index (χ2n) is 6.85. The van der Waals surface area contributed by atoms with Crippen molar-refractivity contribution in [1.82, 2.24) is 10.2 Å². The number of carbonyl (C=O) groups is 2. The first-order valence-electron chi connectivity index (χ1n) is 8.66. The molecule has 2 amide bonds. The van der Waals surface area contributed by atoms with Gasteiger partial charge in [-0.15, -0.1) is 11.6 Å². The SMILES string of the molecule is O=C(C[NH+]1CCN(C(=O)c2ccccc2)CC1)N[C@H]1CS(=O)(=O)C[C@@H]1Cl. The molecular weight excluding hydrogens is 378 g/mol. The Morgan fingerprint density at radius 3 is 2.38 bits per heavy atom. The minimum absolute atomic E-state index is 0.00949. The number of hydrogen-bond donors (Lipinski definition) is 2. The predicted octanol–water partition coefficient (Wildman–Crippen LogP) is -1.45. The summed E-state index contributed by atoms with van der Waals surface area (Å²) in [6.45, 7) is 2.80. The fraction of sp³-hybridized carbons (Fsp3) is 0.529. The molecule has 2 atom stereocenters. The lowest BCUT2D eigenvalue weighted by Gasteiger charge is -2.32. The Balaban J connectivity index is 1.45. The van der Waals surface area contributed by atoms with Crippen LogP contribution in [-0.4, -0.2) is 80.8 Å². The highest BCUT2D eigenvalue weighted by atomic mass is 35.5. The van der Waals surface area contributed by atoms with Gasteiger partial charge in [0.05, 0.1) is 49.1 Å². The molecule has 2 N–H and O–H groups in total. The molecule has 0 radical (unpaired) electrons. The first-order valence-corrected chi connectivity index (χ1v) is 10.9. The van der Waals surface area contributed by atoms with Gasteiger partial charge in [0.25, 0.3) is 11.8 Å². The van der Waals surface area contributed by atoms with Gasteiger partial charge in [-0.05, 0) is 12.1 Å². The number of carbonyl (C=O) groups excluding carboxylic acids is 2. The zero-order chi connectivity index (χ0) is 18.7. The normalized spacial score (nSPS) is 25.8. The molecule has 7 nitrogen and oxygen atoms in total. The van der Waals surface area contributed by atoms with Crippen LogP contribution in [-0.2, 0) is 14.6 Å². The quantitative estimate of drug-likeness (QED) is 0.605. The van der Waals surface area contributed by atoms with Gasteiger partial charge in [0.2, 0.25) is 0 Å². The van der Waals surface area contributed by atoms with E-state index in [1.165, 1.54) is 0 Å². The summed E-state index contributed by atoms with van der Waals surface area (Å²) in [6.07, 6.45) is 0. The third-order valence-electron chi connectivity index (χ3n) is 4.82. The van der Waals surface area contributed by atoms with Gasteiger partial charge in [-0.2, -0.15) is 0 Å². The summed E-state index contributed by atoms with van der Waals surface area (Å²) >= 11 is 6.02. The van der Waals surface area contributed by atoms with Gasteiger partial charge in [0.15, 0.2) is 16.4 Å². The van der Waals surface area contributed by atoms with Crippen LogP contribution >= 0.6 is 11.6 Å². The number of hydrogen-bond acceptors (Lipinski definition) is 4. The van der Waals surface area contributed by atoms with Crippen LogP contribution in [0.5, 0.6) is 0 Å². The summed E-state index contributed by atoms with van der Waals surface area (Å²) < 4.78 is 23.1. The van der Waals surface area contributed by atoms with Crippen LogP contribution in [0.15, 0.2) is 30.3 Å². The number of rotatable bonds is 4. The van der Waals surface area contributed by atoms with Crippen molar-refractivity contribution in [3.05, 3.63) is 35.9 Å². The lowest BCUT2D eigenvalue weighted by Crippen LogP contribution is -3.16. The van der Waals surface area contributed by atoms with Gasteiger partial charge in [-0.25, -0.2) is 8.42 Å². The number of nitrogens with one attached hydrogen (secondary N) is 2. The van der Waals surface area contributed by atoms with Crippen molar-refractivity contribution in [3.8, 4) is 0 Å². The zero-order valence-electron chi connectivity index (χ0n) is 14.4. The van der Waals surface area contributed by atoms with E-state index in [0.29, 0.717) is 31.7 Å². The van der Waals surface area contributed by atoms with E-state index < -0.39 is 21.3 Å². The summed E-state index contributed by atoms with van der Waals surface area (Å²) in [6, 6.07) is 8.63. The van der Waals surface area contributed by atoms with Crippen molar-refractivity contribution in [2.45, 2.75) is 11.4 Å². The molecule has 9 heteroatoms. The maximum absolute atomic E-state index is 12.4. The number of amides is 2. The molecular formula is C17H23ClN3O4S+. The number of nitrogens with zero attached hydrogens (tertiary/aromatic N) is 1. The molecule has 142 valence electrons. The van der Waals surface area contributed by atoms with E-state index in [4.69, 9.17) is 11.6 Å². The highest BCUT2D eigenvalue weighted by molar-refractivity contribution is 7.91. The largest absolute Gasteiger partial charge is 0.346 e. The van der Waals surface area contributed by atoms with E-state index in [1.807, 2.05) is 18.2 Å². The highest BCUT2D eigenvalue weighted by Gasteiger charge is 2.37. The summed E-state index contributed by atoms with van der Waals surface area (Å²) in [5, 5.41) is 2.17. The first kappa shape index (κ1) is 19.1. The Morgan fingerprint density at radius 2 is 1.81 bits per heavy atom. The molecule has 0 saturated carbocycles. The van der Waals surface area contributed by atoms with E-state index in [9.17, 15) is 18.0 Å². The number of benzene rings is 1. The van der Waals surface area contributed by atoms with Crippen molar-refractivity contribution < 1.29 is 22.9 Å². The Morgan fingerprint density at radius 1 is 1.15 bits per heavy atom. The molecule has 2 aliphatic heterocycles. The van der Waals surface area contributed by atoms with Crippen molar-refractivity contribution in [2.24, 2.45) is 0 Å². The van der Waals surface area contributed by atoms with E-state index in [2.05, 4.69) is 5.32 Å². The Kier molecular flexibility index (Phi) is 5.84. The Hall–Kier alpha value is -1.64. The zero-order valence-corrected chi connectivity index (χ0v) is 15.9. The standard InChI is InChI=1S/C17H22ClN3O4S/c18-14-11-26(24,25)12-15(14)19-16(22)10-20-6-8-21(9-7-20)17(23)13-4-2-1-3-5-13/h1-5,14-15H,6-12H2,(H,19,22)/p+1/t14-,15-/m0/s1. The second-order valence-corrected chi connectivity index (χ2v) is 9.57. The van der Waals surface area contributed by atoms with E-state index in [0.717, 1.165) is 4.90 Å². The highest BCUT2D eigenvalue weighted by Crippen LogP contribution is 2.17. The Labute approximate surface area is 158 Å². The van der Waals surface area contributed by atoms with Crippen molar-refractivity contribution in [2.75, 3.05) is 44.2 Å². The van der Waals surface area contributed by atoms with Gasteiger partial charge >= 0.3 is 0 Å². The van der Waals surface area contributed by atoms with Crippen LogP contribution in [0.3, 0.4) is 0 Å². The van der Waals surface area contributed by atoms with Crippen LogP contribution in [0.2, 0.25) is 0 Å². The molecule has 3 rings (SSSR count). The average Bonchev–Trinajstić information content (AvgIpc) is 2.87. The van der Waals surface area contributed by atoms with Crippen LogP contribution in [0.1, 0.15) is 10.4 Å². The summed E-state index contributed by atoms with van der Waals surface area (Å²) in [4.78, 5) is 27.5. The van der Waals surface area contributed by atoms with Crippen LogP contribution in [0, 0.1) is 0 Å². The van der Waals surface area contributed by atoms with Crippen LogP contribution in [0.25, 0.3) is 0 Å². The molecule has 1 aromatic rings. The minimum Gasteiger partial charge on any atom is -0.346 e. The third kappa shape index (κ3) is 4.75. The van der Waals surface area contributed by atoms with Gasteiger partial charge in [-0.1, -0.05) is 18.2 Å². The van der Waals surface area contributed by atoms with Crippen molar-refractivity contribution in [1.29, 1.82) is 0 Å². The molecule has 2 heterocycles. The summed E-state index contributed by atoms with van der Waals surface area (Å²) in [7, 11) is -3.16. The molecule has 0 aliphatic carbocycles. The van der Waals surface area contributed by atoms with Gasteiger partial charge in [0, 0.05) is 5.56 Å². The fourth-order valence-corrected chi connectivity index (χ4v) is 5.94. The van der Waals surface area contributed by atoms with E-state index in [1.54, 1.807) is 17.0 Å². The topological polar surface area (TPSA) is 88.0 Å². The maximum Gasteiger partial charge on any atom is 0.275 e. The molecule has 0 bridgehead atoms. The molecule has 0 spiro atoms. The lowest BCUT2D eigenvalue weighted by atomic mass is 10.2. The monoisotopic (exact) mass is 400 g/mol. The summed E-state index contributed by atoms with van der Waals surface area (Å²) in [5.74, 6) is -0.375. The van der Waals surface area contributed by atoms with E-state index in [-0.39, 0.29) is 29.9 Å². The number of piperazine rings is 1. The number of quaternary nitrogens is 1. The van der Waals surface area contributed by atoms with Gasteiger partial charge < -0.3 is 15.1 Å². The maximum atomic E-state index is 12.4. The molecule has 2 fully saturated rings. The first-order chi connectivity index (χ1) is 12.3. The number of sulfone groups is 1. The predicted molar refractivity (Wildman–Crippen MR) is 98.1 cm³/mol. The van der Waals surface area contributed by atoms with Gasteiger partial charge in [-0.3, -0.25) is 9.59 Å². The lowest BCUT2D eigenvalue weighted by molar-refractivity contribution is -0.896. The minimum atomic E-state index is -3.16. The van der Waals surface area contributed by atoms with E-state index >= 15 is 0 Å².